The van der Waals surface area contributed by atoms with E-state index in [0.717, 1.165) is 22.0 Å². The molecule has 3 rings (SSSR count). The van der Waals surface area contributed by atoms with Crippen molar-refractivity contribution < 1.29 is 0 Å². The van der Waals surface area contributed by atoms with Gasteiger partial charge in [0.2, 0.25) is 5.56 Å². The first kappa shape index (κ1) is 10.6. The van der Waals surface area contributed by atoms with Crippen molar-refractivity contribution in [1.82, 2.24) is 4.98 Å². The fraction of sp³-hybridized carbons (Fsp3) is 0. The zero-order valence-electron chi connectivity index (χ0n) is 8.74. The predicted molar refractivity (Wildman–Crippen MR) is 72.9 cm³/mol. The Kier molecular flexibility index (Phi) is 2.50. The number of benzene rings is 1. The van der Waals surface area contributed by atoms with Gasteiger partial charge in [0.05, 0.1) is 5.02 Å². The van der Waals surface area contributed by atoms with Crippen LogP contribution in [0.25, 0.3) is 22.0 Å². The van der Waals surface area contributed by atoms with E-state index in [9.17, 15) is 4.79 Å². The highest BCUT2D eigenvalue weighted by Gasteiger charge is 2.06. The third kappa shape index (κ3) is 1.88. The van der Waals surface area contributed by atoms with Crippen LogP contribution >= 0.6 is 22.9 Å². The highest BCUT2D eigenvalue weighted by molar-refractivity contribution is 7.08. The molecule has 0 aliphatic rings. The van der Waals surface area contributed by atoms with Gasteiger partial charge < -0.3 is 4.98 Å². The van der Waals surface area contributed by atoms with Crippen LogP contribution in [0.5, 0.6) is 0 Å². The molecule has 4 heteroatoms. The van der Waals surface area contributed by atoms with Crippen molar-refractivity contribution in [3.8, 4) is 11.1 Å². The minimum absolute atomic E-state index is 0.114. The average Bonchev–Trinajstić information content (AvgIpc) is 2.81. The van der Waals surface area contributed by atoms with Crippen LogP contribution in [0.4, 0.5) is 0 Å². The van der Waals surface area contributed by atoms with E-state index in [1.165, 1.54) is 6.07 Å². The molecule has 1 aromatic carbocycles. The molecule has 0 spiro atoms. The van der Waals surface area contributed by atoms with Crippen LogP contribution in [0.2, 0.25) is 5.02 Å². The van der Waals surface area contributed by atoms with E-state index in [2.05, 4.69) is 10.4 Å². The van der Waals surface area contributed by atoms with Gasteiger partial charge in [-0.3, -0.25) is 4.79 Å². The summed E-state index contributed by atoms with van der Waals surface area (Å²) in [5.41, 5.74) is 2.75. The molecule has 0 bridgehead atoms. The number of aromatic nitrogens is 1. The fourth-order valence-corrected chi connectivity index (χ4v) is 2.74. The summed E-state index contributed by atoms with van der Waals surface area (Å²) < 4.78 is 0. The molecule has 0 aliphatic heterocycles. The lowest BCUT2D eigenvalue weighted by Gasteiger charge is -2.04. The van der Waals surface area contributed by atoms with Crippen molar-refractivity contribution in [2.24, 2.45) is 0 Å². The SMILES string of the molecule is O=c1ccc2cc(-c3ccsc3)c(Cl)cc2[nH]1. The highest BCUT2D eigenvalue weighted by Crippen LogP contribution is 2.32. The van der Waals surface area contributed by atoms with Crippen LogP contribution in [0.1, 0.15) is 0 Å². The van der Waals surface area contributed by atoms with Crippen LogP contribution in [-0.2, 0) is 0 Å². The van der Waals surface area contributed by atoms with Crippen molar-refractivity contribution in [1.29, 1.82) is 0 Å². The lowest BCUT2D eigenvalue weighted by Crippen LogP contribution is -2.02. The van der Waals surface area contributed by atoms with E-state index in [1.54, 1.807) is 23.5 Å². The van der Waals surface area contributed by atoms with Crippen molar-refractivity contribution in [2.75, 3.05) is 0 Å². The number of thiophene rings is 1. The molecule has 0 aliphatic carbocycles. The summed E-state index contributed by atoms with van der Waals surface area (Å²) in [4.78, 5) is 14.0. The van der Waals surface area contributed by atoms with Gasteiger partial charge in [-0.2, -0.15) is 11.3 Å². The third-order valence-corrected chi connectivity index (χ3v) is 3.64. The Morgan fingerprint density at radius 2 is 2.06 bits per heavy atom. The normalized spacial score (nSPS) is 10.9. The number of hydrogen-bond donors (Lipinski definition) is 1. The Bertz CT molecular complexity index is 731. The van der Waals surface area contributed by atoms with Crippen LogP contribution in [0.15, 0.2) is 45.9 Å². The van der Waals surface area contributed by atoms with E-state index >= 15 is 0 Å². The van der Waals surface area contributed by atoms with Gasteiger partial charge in [0.15, 0.2) is 0 Å². The molecule has 0 amide bonds. The van der Waals surface area contributed by atoms with E-state index in [1.807, 2.05) is 17.5 Å². The minimum Gasteiger partial charge on any atom is -0.322 e. The quantitative estimate of drug-likeness (QED) is 0.708. The molecule has 0 atom stereocenters. The molecular formula is C13H8ClNOS. The zero-order chi connectivity index (χ0) is 11.8. The summed E-state index contributed by atoms with van der Waals surface area (Å²) >= 11 is 7.86. The van der Waals surface area contributed by atoms with Crippen LogP contribution in [-0.4, -0.2) is 4.98 Å². The smallest absolute Gasteiger partial charge is 0.248 e. The fourth-order valence-electron chi connectivity index (χ4n) is 1.81. The maximum Gasteiger partial charge on any atom is 0.248 e. The largest absolute Gasteiger partial charge is 0.322 e. The minimum atomic E-state index is -0.114. The molecular weight excluding hydrogens is 254 g/mol. The summed E-state index contributed by atoms with van der Waals surface area (Å²) in [5.74, 6) is 0. The molecule has 0 saturated heterocycles. The number of nitrogens with one attached hydrogen (secondary N) is 1. The standard InChI is InChI=1S/C13H8ClNOS/c14-11-6-12-8(1-2-13(16)15-12)5-10(11)9-3-4-17-7-9/h1-7H,(H,15,16). The van der Waals surface area contributed by atoms with E-state index in [-0.39, 0.29) is 5.56 Å². The summed E-state index contributed by atoms with van der Waals surface area (Å²) in [7, 11) is 0. The summed E-state index contributed by atoms with van der Waals surface area (Å²) in [6, 6.07) is 9.15. The summed E-state index contributed by atoms with van der Waals surface area (Å²) in [6.07, 6.45) is 0. The molecule has 0 fully saturated rings. The Morgan fingerprint density at radius 1 is 1.18 bits per heavy atom. The molecule has 2 aromatic heterocycles. The van der Waals surface area contributed by atoms with Crippen molar-refractivity contribution in [3.05, 3.63) is 56.5 Å². The van der Waals surface area contributed by atoms with E-state index < -0.39 is 0 Å². The van der Waals surface area contributed by atoms with Crippen LogP contribution in [0.3, 0.4) is 0 Å². The Labute approximate surface area is 106 Å². The van der Waals surface area contributed by atoms with Gasteiger partial charge in [0.1, 0.15) is 0 Å². The lowest BCUT2D eigenvalue weighted by molar-refractivity contribution is 1.31. The van der Waals surface area contributed by atoms with Gasteiger partial charge in [-0.05, 0) is 46.0 Å². The van der Waals surface area contributed by atoms with Crippen molar-refractivity contribution >= 4 is 33.8 Å². The Morgan fingerprint density at radius 3 is 2.82 bits per heavy atom. The van der Waals surface area contributed by atoms with Crippen molar-refractivity contribution in [2.45, 2.75) is 0 Å². The number of H-pyrrole nitrogens is 1. The van der Waals surface area contributed by atoms with Crippen molar-refractivity contribution in [3.63, 3.8) is 0 Å². The molecule has 17 heavy (non-hydrogen) atoms. The summed E-state index contributed by atoms with van der Waals surface area (Å²) in [5, 5.41) is 5.70. The number of rotatable bonds is 1. The van der Waals surface area contributed by atoms with Gasteiger partial charge in [0.25, 0.3) is 0 Å². The number of pyridine rings is 1. The zero-order valence-corrected chi connectivity index (χ0v) is 10.3. The topological polar surface area (TPSA) is 32.9 Å². The second-order valence-corrected chi connectivity index (χ2v) is 4.94. The molecule has 3 aromatic rings. The number of hydrogen-bond acceptors (Lipinski definition) is 2. The van der Waals surface area contributed by atoms with Gasteiger partial charge in [-0.25, -0.2) is 0 Å². The molecule has 84 valence electrons. The van der Waals surface area contributed by atoms with Gasteiger partial charge in [-0.1, -0.05) is 11.6 Å². The van der Waals surface area contributed by atoms with E-state index in [0.29, 0.717) is 5.02 Å². The monoisotopic (exact) mass is 261 g/mol. The first-order chi connectivity index (χ1) is 8.24. The lowest BCUT2D eigenvalue weighted by atomic mass is 10.1. The third-order valence-electron chi connectivity index (χ3n) is 2.64. The molecule has 0 unspecified atom stereocenters. The second kappa shape index (κ2) is 4.02. The van der Waals surface area contributed by atoms with Gasteiger partial charge in [0, 0.05) is 17.1 Å². The molecule has 2 heterocycles. The first-order valence-electron chi connectivity index (χ1n) is 5.09. The maximum atomic E-state index is 11.2. The van der Waals surface area contributed by atoms with Gasteiger partial charge in [-0.15, -0.1) is 0 Å². The molecule has 0 radical (unpaired) electrons. The van der Waals surface area contributed by atoms with E-state index in [4.69, 9.17) is 11.6 Å². The second-order valence-electron chi connectivity index (χ2n) is 3.75. The Hall–Kier alpha value is -1.58. The van der Waals surface area contributed by atoms with Gasteiger partial charge >= 0.3 is 0 Å². The average molecular weight is 262 g/mol. The Balaban J connectivity index is 2.31. The maximum absolute atomic E-state index is 11.2. The molecule has 2 nitrogen and oxygen atoms in total. The predicted octanol–water partition coefficient (Wildman–Crippen LogP) is 3.91. The summed E-state index contributed by atoms with van der Waals surface area (Å²) in [6.45, 7) is 0. The number of fused-ring (bicyclic) bond motifs is 1. The highest BCUT2D eigenvalue weighted by atomic mass is 35.5. The number of halogens is 1. The molecule has 0 saturated carbocycles. The number of aromatic amines is 1. The first-order valence-corrected chi connectivity index (χ1v) is 6.41. The van der Waals surface area contributed by atoms with Crippen LogP contribution < -0.4 is 5.56 Å². The molecule has 1 N–H and O–H groups in total. The van der Waals surface area contributed by atoms with Crippen LogP contribution in [0, 0.1) is 0 Å².